The van der Waals surface area contributed by atoms with Crippen molar-refractivity contribution >= 4 is 17.6 Å². The van der Waals surface area contributed by atoms with Gasteiger partial charge in [-0.3, -0.25) is 0 Å². The third kappa shape index (κ3) is 2.33. The minimum Gasteiger partial charge on any atom is -0.490 e. The van der Waals surface area contributed by atoms with E-state index in [0.717, 1.165) is 10.2 Å². The van der Waals surface area contributed by atoms with Crippen molar-refractivity contribution in [2.24, 2.45) is 7.05 Å². The van der Waals surface area contributed by atoms with Gasteiger partial charge in [-0.25, -0.2) is 15.0 Å². The number of nitrogens with zero attached hydrogens (tertiary/aromatic N) is 4. The lowest BCUT2D eigenvalue weighted by Crippen LogP contribution is -2.00. The number of methoxy groups -OCH3 is 1. The maximum Gasteiger partial charge on any atom is 0.194 e. The van der Waals surface area contributed by atoms with E-state index in [1.807, 2.05) is 17.8 Å². The molecule has 2 heterocycles. The van der Waals surface area contributed by atoms with Crippen LogP contribution in [0.5, 0.6) is 5.75 Å². The summed E-state index contributed by atoms with van der Waals surface area (Å²) in [5.41, 5.74) is 0. The van der Waals surface area contributed by atoms with Gasteiger partial charge in [0.1, 0.15) is 6.33 Å². The topological polar surface area (TPSA) is 64.9 Å². The molecule has 0 atom stereocenters. The molecule has 0 unspecified atom stereocenters. The zero-order chi connectivity index (χ0) is 12.3. The molecule has 0 spiro atoms. The van der Waals surface area contributed by atoms with Crippen LogP contribution in [0, 0.1) is 0 Å². The molecule has 6 nitrogen and oxygen atoms in total. The van der Waals surface area contributed by atoms with Gasteiger partial charge in [0, 0.05) is 26.5 Å². The summed E-state index contributed by atoms with van der Waals surface area (Å²) in [5, 5.41) is 4.55. The molecule has 0 bridgehead atoms. The Morgan fingerprint density at radius 2 is 2.18 bits per heavy atom. The SMILES string of the molecule is CNc1ncnc(Sc2nccn2C)c1OC. The van der Waals surface area contributed by atoms with Crippen LogP contribution in [0.2, 0.25) is 0 Å². The van der Waals surface area contributed by atoms with Crippen molar-refractivity contribution in [3.8, 4) is 5.75 Å². The van der Waals surface area contributed by atoms with Crippen LogP contribution >= 0.6 is 11.8 Å². The van der Waals surface area contributed by atoms with Crippen LogP contribution < -0.4 is 10.1 Å². The van der Waals surface area contributed by atoms with Crippen LogP contribution in [0.4, 0.5) is 5.82 Å². The molecule has 0 amide bonds. The van der Waals surface area contributed by atoms with Gasteiger partial charge in [0.15, 0.2) is 21.7 Å². The van der Waals surface area contributed by atoms with Crippen molar-refractivity contribution in [3.63, 3.8) is 0 Å². The summed E-state index contributed by atoms with van der Waals surface area (Å²) in [6.07, 6.45) is 5.13. The van der Waals surface area contributed by atoms with Crippen molar-refractivity contribution in [1.82, 2.24) is 19.5 Å². The van der Waals surface area contributed by atoms with Crippen molar-refractivity contribution in [2.45, 2.75) is 10.2 Å². The summed E-state index contributed by atoms with van der Waals surface area (Å²) < 4.78 is 7.23. The van der Waals surface area contributed by atoms with Crippen molar-refractivity contribution in [1.29, 1.82) is 0 Å². The van der Waals surface area contributed by atoms with E-state index in [1.165, 1.54) is 18.1 Å². The zero-order valence-corrected chi connectivity index (χ0v) is 10.7. The van der Waals surface area contributed by atoms with Gasteiger partial charge in [-0.1, -0.05) is 0 Å². The summed E-state index contributed by atoms with van der Waals surface area (Å²) in [6, 6.07) is 0. The molecular weight excluding hydrogens is 238 g/mol. The first-order chi connectivity index (χ1) is 8.26. The van der Waals surface area contributed by atoms with Crippen LogP contribution in [0.1, 0.15) is 0 Å². The van der Waals surface area contributed by atoms with Gasteiger partial charge in [-0.2, -0.15) is 0 Å². The molecule has 2 aromatic rings. The number of aryl methyl sites for hydroxylation is 1. The standard InChI is InChI=1S/C10H13N5OS/c1-11-8-7(16-3)9(14-6-13-8)17-10-12-4-5-15(10)2/h4-6H,1-3H3,(H,11,13,14). The lowest BCUT2D eigenvalue weighted by molar-refractivity contribution is 0.400. The number of aromatic nitrogens is 4. The highest BCUT2D eigenvalue weighted by molar-refractivity contribution is 7.99. The largest absolute Gasteiger partial charge is 0.490 e. The average Bonchev–Trinajstić information content (AvgIpc) is 2.74. The summed E-state index contributed by atoms with van der Waals surface area (Å²) in [4.78, 5) is 12.5. The minimum absolute atomic E-state index is 0.628. The highest BCUT2D eigenvalue weighted by Crippen LogP contribution is 2.35. The molecule has 90 valence electrons. The van der Waals surface area contributed by atoms with Gasteiger partial charge < -0.3 is 14.6 Å². The predicted molar refractivity (Wildman–Crippen MR) is 65.5 cm³/mol. The van der Waals surface area contributed by atoms with Gasteiger partial charge in [0.2, 0.25) is 0 Å². The highest BCUT2D eigenvalue weighted by atomic mass is 32.2. The maximum absolute atomic E-state index is 5.31. The lowest BCUT2D eigenvalue weighted by atomic mass is 10.5. The van der Waals surface area contributed by atoms with Crippen LogP contribution in [0.3, 0.4) is 0 Å². The minimum atomic E-state index is 0.628. The van der Waals surface area contributed by atoms with Gasteiger partial charge >= 0.3 is 0 Å². The van der Waals surface area contributed by atoms with Gasteiger partial charge in [-0.05, 0) is 11.8 Å². The van der Waals surface area contributed by atoms with E-state index in [1.54, 1.807) is 20.4 Å². The van der Waals surface area contributed by atoms with Crippen LogP contribution in [0.25, 0.3) is 0 Å². The molecular formula is C10H13N5OS. The number of nitrogens with one attached hydrogen (secondary N) is 1. The molecule has 0 saturated carbocycles. The fourth-order valence-electron chi connectivity index (χ4n) is 1.33. The maximum atomic E-state index is 5.31. The fourth-order valence-corrected chi connectivity index (χ4v) is 2.19. The first-order valence-electron chi connectivity index (χ1n) is 4.98. The molecule has 0 saturated heterocycles. The number of hydrogen-bond donors (Lipinski definition) is 1. The molecule has 0 aliphatic rings. The second kappa shape index (κ2) is 5.05. The predicted octanol–water partition coefficient (Wildman–Crippen LogP) is 1.41. The third-order valence-corrected chi connectivity index (χ3v) is 3.24. The van der Waals surface area contributed by atoms with Crippen LogP contribution in [-0.2, 0) is 7.05 Å². The van der Waals surface area contributed by atoms with E-state index in [9.17, 15) is 0 Å². The second-order valence-corrected chi connectivity index (χ2v) is 4.19. The molecule has 0 fully saturated rings. The second-order valence-electron chi connectivity index (χ2n) is 3.23. The van der Waals surface area contributed by atoms with E-state index in [0.29, 0.717) is 11.6 Å². The third-order valence-electron chi connectivity index (χ3n) is 2.18. The lowest BCUT2D eigenvalue weighted by Gasteiger charge is -2.10. The molecule has 0 aromatic carbocycles. The van der Waals surface area contributed by atoms with Gasteiger partial charge in [-0.15, -0.1) is 0 Å². The number of ether oxygens (including phenoxy) is 1. The van der Waals surface area contributed by atoms with E-state index in [4.69, 9.17) is 4.74 Å². The Morgan fingerprint density at radius 3 is 2.76 bits per heavy atom. The first-order valence-corrected chi connectivity index (χ1v) is 5.79. The Bertz CT molecular complexity index is 513. The van der Waals surface area contributed by atoms with Gasteiger partial charge in [0.25, 0.3) is 0 Å². The number of anilines is 1. The van der Waals surface area contributed by atoms with Gasteiger partial charge in [0.05, 0.1) is 7.11 Å². The molecule has 0 radical (unpaired) electrons. The summed E-state index contributed by atoms with van der Waals surface area (Å²) in [6.45, 7) is 0. The summed E-state index contributed by atoms with van der Waals surface area (Å²) in [7, 11) is 5.32. The monoisotopic (exact) mass is 251 g/mol. The Morgan fingerprint density at radius 1 is 1.35 bits per heavy atom. The molecule has 2 aromatic heterocycles. The quantitative estimate of drug-likeness (QED) is 0.829. The number of rotatable bonds is 4. The molecule has 2 rings (SSSR count). The number of imidazole rings is 1. The fraction of sp³-hybridized carbons (Fsp3) is 0.300. The van der Waals surface area contributed by atoms with Crippen molar-refractivity contribution in [2.75, 3.05) is 19.5 Å². The Hall–Kier alpha value is -1.76. The van der Waals surface area contributed by atoms with E-state index >= 15 is 0 Å². The van der Waals surface area contributed by atoms with Crippen molar-refractivity contribution < 1.29 is 4.74 Å². The Kier molecular flexibility index (Phi) is 3.48. The van der Waals surface area contributed by atoms with E-state index in [-0.39, 0.29) is 0 Å². The molecule has 0 aliphatic heterocycles. The smallest absolute Gasteiger partial charge is 0.194 e. The molecule has 17 heavy (non-hydrogen) atoms. The highest BCUT2D eigenvalue weighted by Gasteiger charge is 2.14. The summed E-state index contributed by atoms with van der Waals surface area (Å²) in [5.74, 6) is 1.29. The van der Waals surface area contributed by atoms with E-state index < -0.39 is 0 Å². The average molecular weight is 251 g/mol. The van der Waals surface area contributed by atoms with E-state index in [2.05, 4.69) is 20.3 Å². The Balaban J connectivity index is 2.36. The van der Waals surface area contributed by atoms with Crippen LogP contribution in [0.15, 0.2) is 28.9 Å². The Labute approximate surface area is 103 Å². The molecule has 1 N–H and O–H groups in total. The normalized spacial score (nSPS) is 10.3. The first kappa shape index (κ1) is 11.7. The summed E-state index contributed by atoms with van der Waals surface area (Å²) >= 11 is 1.44. The molecule has 0 aliphatic carbocycles. The zero-order valence-electron chi connectivity index (χ0n) is 9.84. The molecule has 7 heteroatoms. The van der Waals surface area contributed by atoms with Crippen LogP contribution in [-0.4, -0.2) is 33.7 Å². The number of hydrogen-bond acceptors (Lipinski definition) is 6. The van der Waals surface area contributed by atoms with Crippen molar-refractivity contribution in [3.05, 3.63) is 18.7 Å².